The molecule has 0 aliphatic heterocycles. The first kappa shape index (κ1) is 20.6. The lowest BCUT2D eigenvalue weighted by Gasteiger charge is -2.13. The highest BCUT2D eigenvalue weighted by Gasteiger charge is 2.14. The van der Waals surface area contributed by atoms with E-state index in [1.165, 1.54) is 23.1 Å². The number of fused-ring (bicyclic) bond motifs is 1. The number of hydrogen-bond donors (Lipinski definition) is 1. The lowest BCUT2D eigenvalue weighted by atomic mass is 10.3. The van der Waals surface area contributed by atoms with E-state index in [4.69, 9.17) is 5.73 Å². The molecule has 0 unspecified atom stereocenters. The molecule has 0 radical (unpaired) electrons. The molecule has 0 atom stereocenters. The number of pyridine rings is 1. The van der Waals surface area contributed by atoms with Crippen LogP contribution in [0.4, 0.5) is 5.82 Å². The number of aromatic nitrogens is 3. The summed E-state index contributed by atoms with van der Waals surface area (Å²) in [7, 11) is 3.87. The summed E-state index contributed by atoms with van der Waals surface area (Å²) in [5.74, 6) is 1.92. The first-order valence-corrected chi connectivity index (χ1v) is 9.54. The number of anilines is 1. The molecule has 9 heteroatoms. The van der Waals surface area contributed by atoms with Crippen molar-refractivity contribution in [1.82, 2.24) is 15.0 Å². The molecular weight excluding hydrogens is 390 g/mol. The zero-order valence-electron chi connectivity index (χ0n) is 14.7. The van der Waals surface area contributed by atoms with Crippen LogP contribution in [0.1, 0.15) is 20.4 Å². The number of carbonyl (C=O) groups excluding carboxylic acids is 1. The Bertz CT molecular complexity index is 929. The third-order valence-corrected chi connectivity index (χ3v) is 5.72. The van der Waals surface area contributed by atoms with E-state index in [1.54, 1.807) is 6.20 Å². The van der Waals surface area contributed by atoms with Crippen LogP contribution >= 0.6 is 35.5 Å². The van der Waals surface area contributed by atoms with Crippen LogP contribution in [-0.4, -0.2) is 40.6 Å². The van der Waals surface area contributed by atoms with E-state index in [-0.39, 0.29) is 18.2 Å². The van der Waals surface area contributed by atoms with Gasteiger partial charge in [-0.3, -0.25) is 4.79 Å². The van der Waals surface area contributed by atoms with Gasteiger partial charge in [0, 0.05) is 30.9 Å². The van der Waals surface area contributed by atoms with E-state index in [0.717, 1.165) is 31.5 Å². The fourth-order valence-corrected chi connectivity index (χ4v) is 4.16. The van der Waals surface area contributed by atoms with E-state index in [0.29, 0.717) is 18.1 Å². The van der Waals surface area contributed by atoms with Crippen LogP contribution in [0.15, 0.2) is 29.4 Å². The number of halogens is 1. The SMILES string of the molecule is Cc1nc(SCC(=O)c2ccc(CN)s2)c2cc(N(C)C)ncc2n1.Cl. The average molecular weight is 410 g/mol. The molecule has 26 heavy (non-hydrogen) atoms. The number of carbonyl (C=O) groups is 1. The summed E-state index contributed by atoms with van der Waals surface area (Å²) in [6, 6.07) is 5.70. The van der Waals surface area contributed by atoms with Crippen LogP contribution in [0.5, 0.6) is 0 Å². The van der Waals surface area contributed by atoms with Crippen molar-refractivity contribution in [2.45, 2.75) is 18.5 Å². The second kappa shape index (κ2) is 8.77. The molecule has 0 aliphatic rings. The van der Waals surface area contributed by atoms with Gasteiger partial charge in [-0.1, -0.05) is 11.8 Å². The second-order valence-electron chi connectivity index (χ2n) is 5.71. The summed E-state index contributed by atoms with van der Waals surface area (Å²) in [6.45, 7) is 2.30. The van der Waals surface area contributed by atoms with Gasteiger partial charge in [0.25, 0.3) is 0 Å². The van der Waals surface area contributed by atoms with Crippen molar-refractivity contribution in [3.05, 3.63) is 40.0 Å². The number of nitrogens with zero attached hydrogens (tertiary/aromatic N) is 4. The molecule has 0 spiro atoms. The fraction of sp³-hybridized carbons (Fsp3) is 0.294. The van der Waals surface area contributed by atoms with Gasteiger partial charge in [0.05, 0.1) is 22.3 Å². The summed E-state index contributed by atoms with van der Waals surface area (Å²) in [5, 5.41) is 1.72. The molecule has 0 saturated heterocycles. The van der Waals surface area contributed by atoms with Crippen molar-refractivity contribution >= 4 is 58.0 Å². The Morgan fingerprint density at radius 3 is 2.73 bits per heavy atom. The summed E-state index contributed by atoms with van der Waals surface area (Å²) < 4.78 is 0. The molecule has 3 aromatic heterocycles. The van der Waals surface area contributed by atoms with Gasteiger partial charge < -0.3 is 10.6 Å². The second-order valence-corrected chi connectivity index (χ2v) is 7.84. The molecular formula is C17H20ClN5OS2. The van der Waals surface area contributed by atoms with E-state index in [9.17, 15) is 4.79 Å². The van der Waals surface area contributed by atoms with Gasteiger partial charge in [-0.2, -0.15) is 0 Å². The molecule has 0 aliphatic carbocycles. The number of thiophene rings is 1. The van der Waals surface area contributed by atoms with Crippen molar-refractivity contribution in [2.75, 3.05) is 24.7 Å². The molecule has 0 amide bonds. The summed E-state index contributed by atoms with van der Waals surface area (Å²) in [5.41, 5.74) is 6.40. The van der Waals surface area contributed by atoms with Crippen molar-refractivity contribution in [3.8, 4) is 0 Å². The predicted molar refractivity (Wildman–Crippen MR) is 111 cm³/mol. The van der Waals surface area contributed by atoms with Crippen LogP contribution < -0.4 is 10.6 Å². The lowest BCUT2D eigenvalue weighted by Crippen LogP contribution is -2.10. The highest BCUT2D eigenvalue weighted by atomic mass is 35.5. The number of ketones is 1. The van der Waals surface area contributed by atoms with Gasteiger partial charge in [0.15, 0.2) is 5.78 Å². The fourth-order valence-electron chi connectivity index (χ4n) is 2.30. The molecule has 0 bridgehead atoms. The number of aryl methyl sites for hydroxylation is 1. The number of hydrogen-bond acceptors (Lipinski definition) is 8. The Morgan fingerprint density at radius 2 is 2.08 bits per heavy atom. The molecule has 0 aromatic carbocycles. The number of nitrogens with two attached hydrogens (primary N) is 1. The maximum absolute atomic E-state index is 12.4. The van der Waals surface area contributed by atoms with E-state index >= 15 is 0 Å². The van der Waals surface area contributed by atoms with E-state index in [2.05, 4.69) is 15.0 Å². The topological polar surface area (TPSA) is 85.0 Å². The van der Waals surface area contributed by atoms with Gasteiger partial charge in [-0.25, -0.2) is 15.0 Å². The van der Waals surface area contributed by atoms with Crippen molar-refractivity contribution in [1.29, 1.82) is 0 Å². The normalized spacial score (nSPS) is 10.6. The molecule has 2 N–H and O–H groups in total. The first-order valence-electron chi connectivity index (χ1n) is 7.74. The molecule has 3 aromatic rings. The van der Waals surface area contributed by atoms with E-state index in [1.807, 2.05) is 44.1 Å². The van der Waals surface area contributed by atoms with Crippen LogP contribution in [0.25, 0.3) is 10.9 Å². The zero-order chi connectivity index (χ0) is 18.0. The van der Waals surface area contributed by atoms with Crippen LogP contribution in [0.2, 0.25) is 0 Å². The average Bonchev–Trinajstić information content (AvgIpc) is 3.08. The Hall–Kier alpha value is -1.74. The maximum atomic E-state index is 12.4. The predicted octanol–water partition coefficient (Wildman–Crippen LogP) is 3.32. The number of Topliss-reactive ketones (excluding diaryl/α,β-unsaturated/α-hetero) is 1. The minimum Gasteiger partial charge on any atom is -0.363 e. The van der Waals surface area contributed by atoms with Crippen molar-refractivity contribution in [2.24, 2.45) is 5.73 Å². The largest absolute Gasteiger partial charge is 0.363 e. The van der Waals surface area contributed by atoms with Gasteiger partial charge in [0.1, 0.15) is 16.7 Å². The molecule has 6 nitrogen and oxygen atoms in total. The van der Waals surface area contributed by atoms with E-state index < -0.39 is 0 Å². The Labute approximate surface area is 166 Å². The third-order valence-electron chi connectivity index (χ3n) is 3.58. The van der Waals surface area contributed by atoms with Gasteiger partial charge in [-0.15, -0.1) is 23.7 Å². The van der Waals surface area contributed by atoms with Crippen LogP contribution in [-0.2, 0) is 6.54 Å². The summed E-state index contributed by atoms with van der Waals surface area (Å²) >= 11 is 2.88. The Kier molecular flexibility index (Phi) is 6.94. The first-order chi connectivity index (χ1) is 12.0. The summed E-state index contributed by atoms with van der Waals surface area (Å²) in [6.07, 6.45) is 1.75. The Morgan fingerprint density at radius 1 is 1.31 bits per heavy atom. The smallest absolute Gasteiger partial charge is 0.183 e. The van der Waals surface area contributed by atoms with Crippen molar-refractivity contribution in [3.63, 3.8) is 0 Å². The quantitative estimate of drug-likeness (QED) is 0.379. The molecule has 0 fully saturated rings. The highest BCUT2D eigenvalue weighted by Crippen LogP contribution is 2.28. The molecule has 3 heterocycles. The van der Waals surface area contributed by atoms with Crippen LogP contribution in [0, 0.1) is 6.92 Å². The zero-order valence-corrected chi connectivity index (χ0v) is 17.2. The van der Waals surface area contributed by atoms with Gasteiger partial charge in [0.2, 0.25) is 0 Å². The minimum atomic E-state index is 0. The lowest BCUT2D eigenvalue weighted by molar-refractivity contribution is 0.102. The molecule has 0 saturated carbocycles. The third kappa shape index (κ3) is 4.50. The van der Waals surface area contributed by atoms with Crippen LogP contribution in [0.3, 0.4) is 0 Å². The van der Waals surface area contributed by atoms with Crippen molar-refractivity contribution < 1.29 is 4.79 Å². The number of rotatable bonds is 6. The highest BCUT2D eigenvalue weighted by molar-refractivity contribution is 8.00. The molecule has 3 rings (SSSR count). The number of thioether (sulfide) groups is 1. The van der Waals surface area contributed by atoms with Gasteiger partial charge >= 0.3 is 0 Å². The van der Waals surface area contributed by atoms with Gasteiger partial charge in [-0.05, 0) is 25.1 Å². The summed E-state index contributed by atoms with van der Waals surface area (Å²) in [4.78, 5) is 29.5. The standard InChI is InChI=1S/C17H19N5OS2.ClH/c1-10-20-13-8-19-16(22(2)3)6-12(13)17(21-10)24-9-14(23)15-5-4-11(7-18)25-15;/h4-6,8H,7,9,18H2,1-3H3;1H. The minimum absolute atomic E-state index is 0. The molecule has 138 valence electrons. The maximum Gasteiger partial charge on any atom is 0.183 e. The monoisotopic (exact) mass is 409 g/mol. The Balaban J connectivity index is 0.00000243.